The molecule has 0 saturated carbocycles. The second kappa shape index (κ2) is 5.94. The van der Waals surface area contributed by atoms with Crippen molar-refractivity contribution in [2.24, 2.45) is 0 Å². The molecule has 0 amide bonds. The summed E-state index contributed by atoms with van der Waals surface area (Å²) in [6.45, 7) is 0.422. The molecule has 2 N–H and O–H groups in total. The van der Waals surface area contributed by atoms with Crippen LogP contribution >= 0.6 is 11.6 Å². The monoisotopic (exact) mass is 323 g/mol. The van der Waals surface area contributed by atoms with Crippen LogP contribution in [0, 0.1) is 0 Å². The molecule has 1 aromatic carbocycles. The maximum Gasteiger partial charge on any atom is 0.320 e. The lowest BCUT2D eigenvalue weighted by Gasteiger charge is -2.13. The zero-order valence-electron chi connectivity index (χ0n) is 11.7. The third kappa shape index (κ3) is 2.90. The smallest absolute Gasteiger partial charge is 0.320 e. The van der Waals surface area contributed by atoms with Crippen molar-refractivity contribution in [1.82, 2.24) is 15.3 Å². The molecule has 7 nitrogen and oxygen atoms in total. The van der Waals surface area contributed by atoms with Gasteiger partial charge in [0.15, 0.2) is 5.15 Å². The lowest BCUT2D eigenvalue weighted by atomic mass is 10.2. The van der Waals surface area contributed by atoms with E-state index < -0.39 is 12.0 Å². The fraction of sp³-hybridized carbons (Fsp3) is 0.357. The number of hydrogen-bond acceptors (Lipinski definition) is 6. The molecule has 0 bridgehead atoms. The third-order valence-corrected chi connectivity index (χ3v) is 3.71. The Hall–Kier alpha value is -2.12. The number of benzene rings is 1. The second-order valence-corrected chi connectivity index (χ2v) is 5.31. The Morgan fingerprint density at radius 2 is 2.23 bits per heavy atom. The number of rotatable bonds is 4. The summed E-state index contributed by atoms with van der Waals surface area (Å²) in [6, 6.07) is 4.65. The predicted molar refractivity (Wildman–Crippen MR) is 79.6 cm³/mol. The standard InChI is InChI=1S/C14H14ClN3O4/c1-21-7-2-3-9-10(4-7)18-13(12(15)17-9)22-8-5-11(14(19)20)16-6-8/h2-4,8,11,16H,5-6H2,1H3,(H,19,20)/t8-,11+/m1/s1. The van der Waals surface area contributed by atoms with Crippen molar-refractivity contribution in [2.45, 2.75) is 18.6 Å². The Morgan fingerprint density at radius 3 is 2.91 bits per heavy atom. The van der Waals surface area contributed by atoms with Crippen LogP contribution in [-0.2, 0) is 4.79 Å². The number of aromatic nitrogens is 2. The van der Waals surface area contributed by atoms with E-state index in [2.05, 4.69) is 15.3 Å². The molecule has 2 aromatic rings. The van der Waals surface area contributed by atoms with Crippen LogP contribution in [0.25, 0.3) is 11.0 Å². The Labute approximate surface area is 131 Å². The van der Waals surface area contributed by atoms with Crippen molar-refractivity contribution in [3.8, 4) is 11.6 Å². The van der Waals surface area contributed by atoms with Crippen LogP contribution in [0.2, 0.25) is 5.15 Å². The maximum absolute atomic E-state index is 10.9. The SMILES string of the molecule is COc1ccc2nc(Cl)c(O[C@H]3CN[C@H](C(=O)O)C3)nc2c1. The number of ether oxygens (including phenoxy) is 2. The van der Waals surface area contributed by atoms with E-state index in [4.69, 9.17) is 26.2 Å². The first kappa shape index (κ1) is 14.8. The molecule has 1 aromatic heterocycles. The molecule has 2 heterocycles. The first-order valence-corrected chi connectivity index (χ1v) is 7.08. The molecule has 116 valence electrons. The lowest BCUT2D eigenvalue weighted by molar-refractivity contribution is -0.139. The number of nitrogens with zero attached hydrogens (tertiary/aromatic N) is 2. The summed E-state index contributed by atoms with van der Waals surface area (Å²) < 4.78 is 10.8. The van der Waals surface area contributed by atoms with Crippen molar-refractivity contribution < 1.29 is 19.4 Å². The number of carboxylic acids is 1. The molecule has 1 aliphatic heterocycles. The summed E-state index contributed by atoms with van der Waals surface area (Å²) in [5.41, 5.74) is 1.23. The topological polar surface area (TPSA) is 93.6 Å². The first-order valence-electron chi connectivity index (χ1n) is 6.71. The number of nitrogens with one attached hydrogen (secondary N) is 1. The lowest BCUT2D eigenvalue weighted by Crippen LogP contribution is -2.30. The minimum Gasteiger partial charge on any atom is -0.497 e. The highest BCUT2D eigenvalue weighted by Gasteiger charge is 2.31. The van der Waals surface area contributed by atoms with Gasteiger partial charge in [-0.1, -0.05) is 11.6 Å². The summed E-state index contributed by atoms with van der Waals surface area (Å²) in [7, 11) is 1.57. The van der Waals surface area contributed by atoms with Crippen LogP contribution in [0.1, 0.15) is 6.42 Å². The summed E-state index contributed by atoms with van der Waals surface area (Å²) in [5.74, 6) is -0.0460. The van der Waals surface area contributed by atoms with Gasteiger partial charge in [-0.25, -0.2) is 9.97 Å². The molecule has 1 fully saturated rings. The minimum absolute atomic E-state index is 0.149. The van der Waals surface area contributed by atoms with Crippen LogP contribution in [0.4, 0.5) is 0 Å². The van der Waals surface area contributed by atoms with Crippen LogP contribution in [-0.4, -0.2) is 46.8 Å². The van der Waals surface area contributed by atoms with E-state index in [0.29, 0.717) is 29.7 Å². The van der Waals surface area contributed by atoms with Crippen LogP contribution in [0.15, 0.2) is 18.2 Å². The highest BCUT2D eigenvalue weighted by molar-refractivity contribution is 6.31. The van der Waals surface area contributed by atoms with Gasteiger partial charge >= 0.3 is 5.97 Å². The number of aliphatic carboxylic acids is 1. The van der Waals surface area contributed by atoms with Gasteiger partial charge in [-0.2, -0.15) is 0 Å². The van der Waals surface area contributed by atoms with E-state index in [1.807, 2.05) is 0 Å². The van der Waals surface area contributed by atoms with Crippen molar-refractivity contribution >= 4 is 28.6 Å². The number of hydrogen-bond donors (Lipinski definition) is 2. The van der Waals surface area contributed by atoms with Gasteiger partial charge in [0, 0.05) is 19.0 Å². The summed E-state index contributed by atoms with van der Waals surface area (Å²) in [6.07, 6.45) is 0.0414. The van der Waals surface area contributed by atoms with E-state index in [0.717, 1.165) is 0 Å². The number of carbonyl (C=O) groups is 1. The Balaban J connectivity index is 1.84. The van der Waals surface area contributed by atoms with Gasteiger partial charge < -0.3 is 19.9 Å². The normalized spacial score (nSPS) is 21.0. The van der Waals surface area contributed by atoms with Crippen molar-refractivity contribution in [3.05, 3.63) is 23.4 Å². The van der Waals surface area contributed by atoms with Crippen LogP contribution in [0.5, 0.6) is 11.6 Å². The zero-order chi connectivity index (χ0) is 15.7. The number of methoxy groups -OCH3 is 1. The van der Waals surface area contributed by atoms with Gasteiger partial charge in [-0.15, -0.1) is 0 Å². The molecule has 1 saturated heterocycles. The number of fused-ring (bicyclic) bond motifs is 1. The maximum atomic E-state index is 10.9. The average Bonchev–Trinajstić information content (AvgIpc) is 2.96. The van der Waals surface area contributed by atoms with Gasteiger partial charge in [0.2, 0.25) is 0 Å². The molecule has 0 radical (unpaired) electrons. The van der Waals surface area contributed by atoms with Gasteiger partial charge in [0.05, 0.1) is 18.1 Å². The highest BCUT2D eigenvalue weighted by Crippen LogP contribution is 2.27. The fourth-order valence-electron chi connectivity index (χ4n) is 2.34. The molecular formula is C14H14ClN3O4. The molecule has 0 unspecified atom stereocenters. The fourth-order valence-corrected chi connectivity index (χ4v) is 2.52. The molecule has 0 aliphatic carbocycles. The van der Waals surface area contributed by atoms with Crippen molar-refractivity contribution in [3.63, 3.8) is 0 Å². The Bertz CT molecular complexity index is 725. The Morgan fingerprint density at radius 1 is 1.41 bits per heavy atom. The van der Waals surface area contributed by atoms with Crippen molar-refractivity contribution in [2.75, 3.05) is 13.7 Å². The highest BCUT2D eigenvalue weighted by atomic mass is 35.5. The molecule has 2 atom stereocenters. The van der Waals surface area contributed by atoms with Gasteiger partial charge in [-0.3, -0.25) is 4.79 Å². The van der Waals surface area contributed by atoms with Crippen LogP contribution in [0.3, 0.4) is 0 Å². The van der Waals surface area contributed by atoms with Crippen molar-refractivity contribution in [1.29, 1.82) is 0 Å². The van der Waals surface area contributed by atoms with E-state index in [1.54, 1.807) is 25.3 Å². The molecule has 1 aliphatic rings. The average molecular weight is 324 g/mol. The minimum atomic E-state index is -0.897. The number of halogens is 1. The second-order valence-electron chi connectivity index (χ2n) is 4.95. The molecule has 22 heavy (non-hydrogen) atoms. The van der Waals surface area contributed by atoms with Gasteiger partial charge in [-0.05, 0) is 12.1 Å². The Kier molecular flexibility index (Phi) is 4.00. The first-order chi connectivity index (χ1) is 10.6. The van der Waals surface area contributed by atoms with E-state index in [-0.39, 0.29) is 17.1 Å². The van der Waals surface area contributed by atoms with Gasteiger partial charge in [0.25, 0.3) is 5.88 Å². The van der Waals surface area contributed by atoms with Gasteiger partial charge in [0.1, 0.15) is 17.9 Å². The van der Waals surface area contributed by atoms with Crippen LogP contribution < -0.4 is 14.8 Å². The molecule has 3 rings (SSSR count). The number of carboxylic acid groups (broad SMARTS) is 1. The molecular weight excluding hydrogens is 310 g/mol. The largest absolute Gasteiger partial charge is 0.497 e. The summed E-state index contributed by atoms with van der Waals surface area (Å²) in [4.78, 5) is 19.5. The zero-order valence-corrected chi connectivity index (χ0v) is 12.5. The summed E-state index contributed by atoms with van der Waals surface area (Å²) in [5, 5.41) is 12.0. The predicted octanol–water partition coefficient (Wildman–Crippen LogP) is 1.49. The molecule has 0 spiro atoms. The van der Waals surface area contributed by atoms with E-state index >= 15 is 0 Å². The summed E-state index contributed by atoms with van der Waals surface area (Å²) >= 11 is 6.09. The molecule has 8 heteroatoms. The quantitative estimate of drug-likeness (QED) is 0.880. The van der Waals surface area contributed by atoms with E-state index in [9.17, 15) is 4.79 Å². The van der Waals surface area contributed by atoms with E-state index in [1.165, 1.54) is 0 Å². The third-order valence-electron chi connectivity index (χ3n) is 3.47.